The summed E-state index contributed by atoms with van der Waals surface area (Å²) in [7, 11) is 0. The fourth-order valence-electron chi connectivity index (χ4n) is 5.62. The van der Waals surface area contributed by atoms with E-state index in [1.165, 1.54) is 65.1 Å². The highest BCUT2D eigenvalue weighted by Crippen LogP contribution is 2.33. The average Bonchev–Trinajstić information content (AvgIpc) is 3.09. The summed E-state index contributed by atoms with van der Waals surface area (Å²) in [6.07, 6.45) is 0. The highest BCUT2D eigenvalue weighted by molar-refractivity contribution is 6.92. The fourth-order valence-corrected chi connectivity index (χ4v) is 5.62. The molecule has 0 radical (unpaired) electrons. The first kappa shape index (κ1) is 16.2. The lowest BCUT2D eigenvalue weighted by atomic mass is 9.44. The predicted molar refractivity (Wildman–Crippen MR) is 133 cm³/mol. The molecule has 0 bridgehead atoms. The van der Waals surface area contributed by atoms with Crippen LogP contribution in [0, 0.1) is 0 Å². The first-order chi connectivity index (χ1) is 14.8. The van der Waals surface area contributed by atoms with Crippen LogP contribution in [0.4, 0.5) is 0 Å². The van der Waals surface area contributed by atoms with Crippen molar-refractivity contribution in [3.63, 3.8) is 0 Å². The lowest BCUT2D eigenvalue weighted by Crippen LogP contribution is -2.35. The van der Waals surface area contributed by atoms with Crippen LogP contribution in [-0.2, 0) is 0 Å². The van der Waals surface area contributed by atoms with Gasteiger partial charge in [0.2, 0.25) is 6.71 Å². The van der Waals surface area contributed by atoms with Crippen molar-refractivity contribution in [1.82, 2.24) is 0 Å². The minimum absolute atomic E-state index is 0.379. The minimum atomic E-state index is 0.379. The Bertz CT molecular complexity index is 1530. The molecule has 0 saturated heterocycles. The first-order valence-corrected chi connectivity index (χ1v) is 10.7. The number of hydrogen-bond donors (Lipinski definition) is 0. The molecule has 30 heavy (non-hydrogen) atoms. The van der Waals surface area contributed by atoms with E-state index < -0.39 is 0 Å². The third-order valence-electron chi connectivity index (χ3n) is 7.01. The Morgan fingerprint density at radius 3 is 1.27 bits per heavy atom. The molecule has 0 atom stereocenters. The van der Waals surface area contributed by atoms with E-state index >= 15 is 0 Å². The zero-order valence-corrected chi connectivity index (χ0v) is 16.8. The summed E-state index contributed by atoms with van der Waals surface area (Å²) in [5.41, 5.74) is 5.76. The van der Waals surface area contributed by atoms with Gasteiger partial charge < -0.3 is 0 Å². The molecule has 0 aromatic heterocycles. The van der Waals surface area contributed by atoms with Crippen molar-refractivity contribution in [2.24, 2.45) is 0 Å². The van der Waals surface area contributed by atoms with Gasteiger partial charge in [-0.1, -0.05) is 90.5 Å². The highest BCUT2D eigenvalue weighted by atomic mass is 14.2. The normalized spacial score (nSPS) is 12.8. The molecule has 1 heterocycles. The SMILES string of the molecule is CB1c2c(ccc3cc4ccccc4cc23)-c2ccc3cc4ccccc4cc3c21. The van der Waals surface area contributed by atoms with Gasteiger partial charge in [-0.15, -0.1) is 0 Å². The second kappa shape index (κ2) is 5.74. The van der Waals surface area contributed by atoms with Gasteiger partial charge in [0.15, 0.2) is 0 Å². The fraction of sp³-hybridized carbons (Fsp3) is 0.0345. The second-order valence-corrected chi connectivity index (χ2v) is 8.62. The first-order valence-electron chi connectivity index (χ1n) is 10.7. The standard InChI is InChI=1S/C29H19B/c1-30-28-24(12-10-22-14-18-6-2-4-8-20(18)16-26(22)28)25-13-11-23-15-19-7-3-5-9-21(19)17-27(23)29(25)30/h2-17H,1H3. The number of rotatable bonds is 0. The summed E-state index contributed by atoms with van der Waals surface area (Å²) in [5.74, 6) is 0. The van der Waals surface area contributed by atoms with Crippen LogP contribution in [0.25, 0.3) is 54.2 Å². The van der Waals surface area contributed by atoms with Crippen molar-refractivity contribution in [1.29, 1.82) is 0 Å². The van der Waals surface area contributed by atoms with Crippen molar-refractivity contribution < 1.29 is 0 Å². The van der Waals surface area contributed by atoms with E-state index in [0.717, 1.165) is 0 Å². The van der Waals surface area contributed by atoms with Gasteiger partial charge in [0, 0.05) is 0 Å². The summed E-state index contributed by atoms with van der Waals surface area (Å²) < 4.78 is 0. The van der Waals surface area contributed by atoms with Gasteiger partial charge in [-0.3, -0.25) is 0 Å². The van der Waals surface area contributed by atoms with Gasteiger partial charge in [-0.05, 0) is 78.5 Å². The molecule has 1 aliphatic heterocycles. The van der Waals surface area contributed by atoms with Crippen LogP contribution in [0.1, 0.15) is 0 Å². The van der Waals surface area contributed by atoms with Crippen molar-refractivity contribution in [2.75, 3.05) is 0 Å². The Balaban J connectivity index is 1.57. The minimum Gasteiger partial charge on any atom is -0.0773 e. The zero-order chi connectivity index (χ0) is 19.8. The van der Waals surface area contributed by atoms with E-state index in [1.54, 1.807) is 0 Å². The van der Waals surface area contributed by atoms with Crippen molar-refractivity contribution in [3.8, 4) is 11.1 Å². The van der Waals surface area contributed by atoms with Crippen LogP contribution in [0.15, 0.2) is 97.1 Å². The highest BCUT2D eigenvalue weighted by Gasteiger charge is 2.31. The van der Waals surface area contributed by atoms with Crippen molar-refractivity contribution in [3.05, 3.63) is 97.1 Å². The molecule has 0 aliphatic carbocycles. The van der Waals surface area contributed by atoms with Crippen LogP contribution in [-0.4, -0.2) is 6.71 Å². The number of fused-ring (bicyclic) bond motifs is 9. The summed E-state index contributed by atoms with van der Waals surface area (Å²) >= 11 is 0. The maximum atomic E-state index is 2.39. The third kappa shape index (κ3) is 2.07. The Hall–Kier alpha value is -3.58. The van der Waals surface area contributed by atoms with E-state index in [-0.39, 0.29) is 0 Å². The zero-order valence-electron chi connectivity index (χ0n) is 16.8. The maximum absolute atomic E-state index is 2.39. The molecule has 138 valence electrons. The maximum Gasteiger partial charge on any atom is 0.209 e. The Morgan fingerprint density at radius 1 is 0.433 bits per heavy atom. The molecule has 6 aromatic carbocycles. The molecule has 0 N–H and O–H groups in total. The predicted octanol–water partition coefficient (Wildman–Crippen LogP) is 6.52. The van der Waals surface area contributed by atoms with Crippen LogP contribution in [0.5, 0.6) is 0 Å². The van der Waals surface area contributed by atoms with Gasteiger partial charge in [-0.2, -0.15) is 0 Å². The quantitative estimate of drug-likeness (QED) is 0.209. The summed E-state index contributed by atoms with van der Waals surface area (Å²) in [5, 5.41) is 10.7. The smallest absolute Gasteiger partial charge is 0.0773 e. The third-order valence-corrected chi connectivity index (χ3v) is 7.01. The molecule has 7 rings (SSSR count). The summed E-state index contributed by atoms with van der Waals surface area (Å²) in [4.78, 5) is 0. The van der Waals surface area contributed by atoms with E-state index in [4.69, 9.17) is 0 Å². The van der Waals surface area contributed by atoms with Gasteiger partial charge >= 0.3 is 0 Å². The van der Waals surface area contributed by atoms with Gasteiger partial charge in [0.25, 0.3) is 0 Å². The lowest BCUT2D eigenvalue weighted by Gasteiger charge is -2.11. The average molecular weight is 378 g/mol. The van der Waals surface area contributed by atoms with E-state index in [2.05, 4.69) is 104 Å². The summed E-state index contributed by atoms with van der Waals surface area (Å²) in [6, 6.07) is 36.1. The molecule has 6 aromatic rings. The Morgan fingerprint density at radius 2 is 0.833 bits per heavy atom. The summed E-state index contributed by atoms with van der Waals surface area (Å²) in [6.45, 7) is 2.76. The van der Waals surface area contributed by atoms with Crippen molar-refractivity contribution in [2.45, 2.75) is 6.82 Å². The Kier molecular flexibility index (Phi) is 3.11. The molecule has 0 unspecified atom stereocenters. The number of benzene rings is 6. The van der Waals surface area contributed by atoms with Crippen molar-refractivity contribution >= 4 is 60.7 Å². The van der Waals surface area contributed by atoms with Crippen LogP contribution < -0.4 is 10.9 Å². The Labute approximate surface area is 175 Å². The van der Waals surface area contributed by atoms with Crippen LogP contribution >= 0.6 is 0 Å². The number of hydrogen-bond acceptors (Lipinski definition) is 0. The topological polar surface area (TPSA) is 0 Å². The van der Waals surface area contributed by atoms with Crippen LogP contribution in [0.3, 0.4) is 0 Å². The molecule has 0 spiro atoms. The van der Waals surface area contributed by atoms with E-state index in [9.17, 15) is 0 Å². The molecule has 0 amide bonds. The lowest BCUT2D eigenvalue weighted by molar-refractivity contribution is 1.75. The molecular weight excluding hydrogens is 359 g/mol. The van der Waals surface area contributed by atoms with Crippen LogP contribution in [0.2, 0.25) is 6.82 Å². The molecule has 1 heteroatoms. The van der Waals surface area contributed by atoms with E-state index in [0.29, 0.717) is 6.71 Å². The molecule has 0 fully saturated rings. The molecule has 0 saturated carbocycles. The van der Waals surface area contributed by atoms with Gasteiger partial charge in [-0.25, -0.2) is 0 Å². The van der Waals surface area contributed by atoms with E-state index in [1.807, 2.05) is 0 Å². The monoisotopic (exact) mass is 378 g/mol. The largest absolute Gasteiger partial charge is 0.209 e. The molecular formula is C29H19B. The second-order valence-electron chi connectivity index (χ2n) is 8.62. The molecule has 1 aliphatic rings. The van der Waals surface area contributed by atoms with Gasteiger partial charge in [0.1, 0.15) is 0 Å². The van der Waals surface area contributed by atoms with Gasteiger partial charge in [0.05, 0.1) is 0 Å². The molecule has 0 nitrogen and oxygen atoms in total.